The normalized spacial score (nSPS) is 9.13. The molecule has 15 heavy (non-hydrogen) atoms. The number of nitrogens with two attached hydrogens (primary N) is 1. The number of nitrogens with zero attached hydrogens (tertiary/aromatic N) is 1. The van der Waals surface area contributed by atoms with Crippen LogP contribution in [0.25, 0.3) is 0 Å². The maximum Gasteiger partial charge on any atom is 0.271 e. The quantitative estimate of drug-likeness (QED) is 0.323. The van der Waals surface area contributed by atoms with E-state index < -0.39 is 4.92 Å². The molecule has 0 amide bonds. The highest BCUT2D eigenvalue weighted by molar-refractivity contribution is 5.60. The number of nitrogen functional groups attached to an aromatic ring is 1. The maximum absolute atomic E-state index is 10.4. The van der Waals surface area contributed by atoms with Crippen LogP contribution in [-0.2, 0) is 0 Å². The zero-order valence-corrected chi connectivity index (χ0v) is 8.28. The van der Waals surface area contributed by atoms with Gasteiger partial charge in [-0.05, 0) is 13.1 Å². The minimum Gasteiger partial charge on any atom is -0.398 e. The highest BCUT2D eigenvalue weighted by Gasteiger charge is 2.06. The molecule has 0 fully saturated rings. The average molecular weight is 205 g/mol. The van der Waals surface area contributed by atoms with Crippen LogP contribution in [0.15, 0.2) is 18.2 Å². The van der Waals surface area contributed by atoms with Gasteiger partial charge in [0.1, 0.15) is 0 Å². The molecule has 0 aliphatic carbocycles. The number of rotatable bonds is 2. The fraction of sp³-hybridized carbons (Fsp3) is 0.200. The zero-order valence-electron chi connectivity index (χ0n) is 8.28. The fourth-order valence-corrected chi connectivity index (χ4v) is 1.01. The van der Waals surface area contributed by atoms with Crippen molar-refractivity contribution >= 4 is 11.4 Å². The summed E-state index contributed by atoms with van der Waals surface area (Å²) >= 11 is 0. The van der Waals surface area contributed by atoms with Crippen LogP contribution in [0.1, 0.15) is 5.56 Å². The van der Waals surface area contributed by atoms with Crippen molar-refractivity contribution in [3.63, 3.8) is 0 Å². The first-order chi connectivity index (χ1) is 7.15. The predicted octanol–water partition coefficient (Wildman–Crippen LogP) is 0.748. The van der Waals surface area contributed by atoms with Gasteiger partial charge in [-0.3, -0.25) is 10.1 Å². The topological polar surface area (TPSA) is 81.2 Å². The number of non-ortho nitro benzene ring substituents is 1. The van der Waals surface area contributed by atoms with E-state index in [2.05, 4.69) is 17.2 Å². The maximum atomic E-state index is 10.4. The van der Waals surface area contributed by atoms with Gasteiger partial charge in [0.15, 0.2) is 0 Å². The van der Waals surface area contributed by atoms with Crippen molar-refractivity contribution in [2.75, 3.05) is 19.3 Å². The Morgan fingerprint density at radius 2 is 2.33 bits per heavy atom. The molecular formula is C10H11N3O2. The highest BCUT2D eigenvalue weighted by Crippen LogP contribution is 2.18. The van der Waals surface area contributed by atoms with Crippen molar-refractivity contribution in [3.8, 4) is 11.8 Å². The Bertz CT molecular complexity index is 432. The van der Waals surface area contributed by atoms with Gasteiger partial charge in [-0.2, -0.15) is 0 Å². The summed E-state index contributed by atoms with van der Waals surface area (Å²) in [6.07, 6.45) is 0. The minimum absolute atomic E-state index is 0.0216. The smallest absolute Gasteiger partial charge is 0.271 e. The van der Waals surface area contributed by atoms with Crippen molar-refractivity contribution in [3.05, 3.63) is 33.9 Å². The van der Waals surface area contributed by atoms with E-state index in [0.29, 0.717) is 17.8 Å². The van der Waals surface area contributed by atoms with Crippen LogP contribution in [0.2, 0.25) is 0 Å². The lowest BCUT2D eigenvalue weighted by Gasteiger charge is -1.97. The van der Waals surface area contributed by atoms with E-state index >= 15 is 0 Å². The van der Waals surface area contributed by atoms with Gasteiger partial charge in [-0.15, -0.1) is 0 Å². The molecule has 0 radical (unpaired) electrons. The zero-order chi connectivity index (χ0) is 11.3. The van der Waals surface area contributed by atoms with Gasteiger partial charge in [0.2, 0.25) is 0 Å². The third kappa shape index (κ3) is 2.97. The number of benzene rings is 1. The molecule has 0 aliphatic rings. The summed E-state index contributed by atoms with van der Waals surface area (Å²) in [6, 6.07) is 4.25. The second kappa shape index (κ2) is 4.98. The van der Waals surface area contributed by atoms with Crippen molar-refractivity contribution in [2.24, 2.45) is 0 Å². The lowest BCUT2D eigenvalue weighted by molar-refractivity contribution is -0.384. The molecule has 5 nitrogen and oxygen atoms in total. The van der Waals surface area contributed by atoms with E-state index in [0.717, 1.165) is 0 Å². The SMILES string of the molecule is CNCC#Cc1ccc([N+](=O)[O-])cc1N. The molecule has 5 heteroatoms. The summed E-state index contributed by atoms with van der Waals surface area (Å²) in [7, 11) is 1.79. The van der Waals surface area contributed by atoms with E-state index in [1.165, 1.54) is 12.1 Å². The second-order valence-electron chi connectivity index (χ2n) is 2.86. The molecule has 0 saturated carbocycles. The van der Waals surface area contributed by atoms with Gasteiger partial charge >= 0.3 is 0 Å². The number of hydrogen-bond acceptors (Lipinski definition) is 4. The standard InChI is InChI=1S/C10H11N3O2/c1-12-6-2-3-8-4-5-9(13(14)15)7-10(8)11/h4-5,7,12H,6,11H2,1H3. The number of anilines is 1. The van der Waals surface area contributed by atoms with Crippen molar-refractivity contribution in [2.45, 2.75) is 0 Å². The Hall–Kier alpha value is -2.06. The van der Waals surface area contributed by atoms with Crippen LogP contribution in [0, 0.1) is 22.0 Å². The molecule has 0 heterocycles. The third-order valence-electron chi connectivity index (χ3n) is 1.73. The van der Waals surface area contributed by atoms with Crippen molar-refractivity contribution in [1.29, 1.82) is 0 Å². The Morgan fingerprint density at radius 1 is 1.60 bits per heavy atom. The minimum atomic E-state index is -0.485. The summed E-state index contributed by atoms with van der Waals surface area (Å²) in [6.45, 7) is 0.552. The lowest BCUT2D eigenvalue weighted by Crippen LogP contribution is -2.04. The molecular weight excluding hydrogens is 194 g/mol. The Kier molecular flexibility index (Phi) is 3.66. The summed E-state index contributed by atoms with van der Waals surface area (Å²) in [5, 5.41) is 13.3. The van der Waals surface area contributed by atoms with Gasteiger partial charge in [0.25, 0.3) is 5.69 Å². The van der Waals surface area contributed by atoms with Gasteiger partial charge in [0.05, 0.1) is 17.2 Å². The molecule has 0 bridgehead atoms. The van der Waals surface area contributed by atoms with Gasteiger partial charge in [-0.25, -0.2) is 0 Å². The first-order valence-corrected chi connectivity index (χ1v) is 4.32. The van der Waals surface area contributed by atoms with Gasteiger partial charge in [-0.1, -0.05) is 11.8 Å². The number of nitrogens with one attached hydrogen (secondary N) is 1. The first-order valence-electron chi connectivity index (χ1n) is 4.32. The van der Waals surface area contributed by atoms with Crippen LogP contribution in [0.4, 0.5) is 11.4 Å². The molecule has 1 aromatic rings. The molecule has 0 spiro atoms. The Labute approximate surface area is 87.4 Å². The lowest BCUT2D eigenvalue weighted by atomic mass is 10.1. The summed E-state index contributed by atoms with van der Waals surface area (Å²) < 4.78 is 0. The van der Waals surface area contributed by atoms with Gasteiger partial charge in [0, 0.05) is 17.7 Å². The molecule has 0 atom stereocenters. The Morgan fingerprint density at radius 3 is 2.87 bits per heavy atom. The van der Waals surface area contributed by atoms with E-state index in [-0.39, 0.29) is 5.69 Å². The Balaban J connectivity index is 2.95. The monoisotopic (exact) mass is 205 g/mol. The molecule has 0 saturated heterocycles. The van der Waals surface area contributed by atoms with Crippen LogP contribution >= 0.6 is 0 Å². The summed E-state index contributed by atoms with van der Waals surface area (Å²) in [4.78, 5) is 9.94. The van der Waals surface area contributed by atoms with Crippen LogP contribution < -0.4 is 11.1 Å². The van der Waals surface area contributed by atoms with Crippen molar-refractivity contribution < 1.29 is 4.92 Å². The van der Waals surface area contributed by atoms with E-state index in [4.69, 9.17) is 5.73 Å². The molecule has 0 aliphatic heterocycles. The predicted molar refractivity (Wildman–Crippen MR) is 58.3 cm³/mol. The second-order valence-corrected chi connectivity index (χ2v) is 2.86. The number of nitro benzene ring substituents is 1. The van der Waals surface area contributed by atoms with Crippen LogP contribution in [0.3, 0.4) is 0 Å². The first kappa shape index (κ1) is 11.0. The van der Waals surface area contributed by atoms with Crippen LogP contribution in [-0.4, -0.2) is 18.5 Å². The van der Waals surface area contributed by atoms with E-state index in [1.54, 1.807) is 13.1 Å². The summed E-state index contributed by atoms with van der Waals surface area (Å²) in [5.41, 5.74) is 6.53. The number of hydrogen-bond donors (Lipinski definition) is 2. The molecule has 0 unspecified atom stereocenters. The summed E-state index contributed by atoms with van der Waals surface area (Å²) in [5.74, 6) is 5.65. The fourth-order valence-electron chi connectivity index (χ4n) is 1.01. The van der Waals surface area contributed by atoms with Crippen molar-refractivity contribution in [1.82, 2.24) is 5.32 Å². The van der Waals surface area contributed by atoms with E-state index in [9.17, 15) is 10.1 Å². The number of nitro groups is 1. The molecule has 1 rings (SSSR count). The average Bonchev–Trinajstić information content (AvgIpc) is 2.20. The largest absolute Gasteiger partial charge is 0.398 e. The molecule has 78 valence electrons. The third-order valence-corrected chi connectivity index (χ3v) is 1.73. The van der Waals surface area contributed by atoms with Crippen LogP contribution in [0.5, 0.6) is 0 Å². The molecule has 1 aromatic carbocycles. The molecule has 3 N–H and O–H groups in total. The molecule has 0 aromatic heterocycles. The highest BCUT2D eigenvalue weighted by atomic mass is 16.6. The van der Waals surface area contributed by atoms with E-state index in [1.807, 2.05) is 0 Å². The van der Waals surface area contributed by atoms with Gasteiger partial charge < -0.3 is 11.1 Å².